The highest BCUT2D eigenvalue weighted by Crippen LogP contribution is 2.26. The molecule has 1 aromatic carbocycles. The number of rotatable bonds is 4. The van der Waals surface area contributed by atoms with E-state index in [1.54, 1.807) is 28.4 Å². The lowest BCUT2D eigenvalue weighted by atomic mass is 10.1. The van der Waals surface area contributed by atoms with Crippen molar-refractivity contribution in [3.63, 3.8) is 0 Å². The van der Waals surface area contributed by atoms with E-state index in [4.69, 9.17) is 0 Å². The van der Waals surface area contributed by atoms with Gasteiger partial charge in [0.2, 0.25) is 0 Å². The van der Waals surface area contributed by atoms with E-state index in [0.29, 0.717) is 23.1 Å². The molecular formula is C16H16BrN3O3S. The molecular weight excluding hydrogens is 394 g/mol. The summed E-state index contributed by atoms with van der Waals surface area (Å²) in [6.07, 6.45) is 0. The first-order chi connectivity index (χ1) is 11.5. The van der Waals surface area contributed by atoms with E-state index in [2.05, 4.69) is 37.7 Å². The Kier molecular flexibility index (Phi) is 5.27. The van der Waals surface area contributed by atoms with Gasteiger partial charge in [-0.15, -0.1) is 0 Å². The van der Waals surface area contributed by atoms with Crippen molar-refractivity contribution in [1.29, 1.82) is 0 Å². The van der Waals surface area contributed by atoms with Crippen molar-refractivity contribution >= 4 is 38.9 Å². The number of nitrogens with zero attached hydrogens (tertiary/aromatic N) is 3. The molecule has 0 N–H and O–H groups in total. The number of nitro groups is 1. The number of nitro benzene ring substituents is 1. The Labute approximate surface area is 152 Å². The first-order valence-electron chi connectivity index (χ1n) is 7.51. The van der Waals surface area contributed by atoms with Crippen LogP contribution >= 0.6 is 27.3 Å². The van der Waals surface area contributed by atoms with Crippen LogP contribution in [0.5, 0.6) is 0 Å². The first kappa shape index (κ1) is 17.1. The summed E-state index contributed by atoms with van der Waals surface area (Å²) < 4.78 is 0.379. The van der Waals surface area contributed by atoms with Gasteiger partial charge in [0.05, 0.1) is 9.40 Å². The lowest BCUT2D eigenvalue weighted by Gasteiger charge is -2.34. The number of carbonyl (C=O) groups is 1. The molecule has 24 heavy (non-hydrogen) atoms. The number of benzene rings is 1. The highest BCUT2D eigenvalue weighted by Gasteiger charge is 2.24. The molecule has 126 valence electrons. The van der Waals surface area contributed by atoms with E-state index in [1.807, 2.05) is 0 Å². The second-order valence-corrected chi connectivity index (χ2v) is 7.26. The van der Waals surface area contributed by atoms with Crippen molar-refractivity contribution in [3.8, 4) is 0 Å². The summed E-state index contributed by atoms with van der Waals surface area (Å²) in [7, 11) is 0. The molecule has 6 nitrogen and oxygen atoms in total. The summed E-state index contributed by atoms with van der Waals surface area (Å²) in [6.45, 7) is 3.77. The minimum atomic E-state index is -0.486. The third-order valence-electron chi connectivity index (χ3n) is 4.04. The van der Waals surface area contributed by atoms with Gasteiger partial charge in [-0.05, 0) is 50.5 Å². The quantitative estimate of drug-likeness (QED) is 0.573. The number of halogens is 1. The van der Waals surface area contributed by atoms with Crippen LogP contribution in [0.3, 0.4) is 0 Å². The van der Waals surface area contributed by atoms with E-state index >= 15 is 0 Å². The third kappa shape index (κ3) is 3.82. The van der Waals surface area contributed by atoms with E-state index in [0.717, 1.165) is 19.6 Å². The molecule has 0 saturated carbocycles. The smallest absolute Gasteiger partial charge is 0.284 e. The zero-order chi connectivity index (χ0) is 17.1. The lowest BCUT2D eigenvalue weighted by Crippen LogP contribution is -2.48. The van der Waals surface area contributed by atoms with Crippen LogP contribution in [0.25, 0.3) is 0 Å². The van der Waals surface area contributed by atoms with E-state index < -0.39 is 4.92 Å². The van der Waals surface area contributed by atoms with Gasteiger partial charge in [-0.2, -0.15) is 11.3 Å². The van der Waals surface area contributed by atoms with Gasteiger partial charge in [0.25, 0.3) is 11.6 Å². The summed E-state index contributed by atoms with van der Waals surface area (Å²) >= 11 is 4.83. The predicted octanol–water partition coefficient (Wildman–Crippen LogP) is 3.38. The van der Waals surface area contributed by atoms with Crippen LogP contribution in [0.1, 0.15) is 15.9 Å². The van der Waals surface area contributed by atoms with Gasteiger partial charge in [0.15, 0.2) is 0 Å². The summed E-state index contributed by atoms with van der Waals surface area (Å²) in [5.74, 6) is -0.152. The fourth-order valence-corrected chi connectivity index (χ4v) is 3.77. The molecule has 1 saturated heterocycles. The fourth-order valence-electron chi connectivity index (χ4n) is 2.72. The summed E-state index contributed by atoms with van der Waals surface area (Å²) in [6, 6.07) is 6.63. The van der Waals surface area contributed by atoms with Crippen LogP contribution in [0.4, 0.5) is 5.69 Å². The maximum Gasteiger partial charge on any atom is 0.284 e. The van der Waals surface area contributed by atoms with E-state index in [9.17, 15) is 14.9 Å². The van der Waals surface area contributed by atoms with Gasteiger partial charge >= 0.3 is 0 Å². The topological polar surface area (TPSA) is 66.7 Å². The van der Waals surface area contributed by atoms with Crippen molar-refractivity contribution in [2.45, 2.75) is 6.54 Å². The Morgan fingerprint density at radius 3 is 2.62 bits per heavy atom. The van der Waals surface area contributed by atoms with Crippen LogP contribution in [-0.2, 0) is 6.54 Å². The van der Waals surface area contributed by atoms with Crippen LogP contribution in [-0.4, -0.2) is 46.8 Å². The molecule has 0 bridgehead atoms. The molecule has 3 rings (SSSR count). The molecule has 1 aromatic heterocycles. The van der Waals surface area contributed by atoms with E-state index in [-0.39, 0.29) is 11.6 Å². The lowest BCUT2D eigenvalue weighted by molar-refractivity contribution is -0.385. The molecule has 0 spiro atoms. The van der Waals surface area contributed by atoms with Crippen LogP contribution < -0.4 is 0 Å². The molecule has 1 amide bonds. The van der Waals surface area contributed by atoms with Gasteiger partial charge in [-0.3, -0.25) is 19.8 Å². The maximum absolute atomic E-state index is 12.6. The third-order valence-corrected chi connectivity index (χ3v) is 5.44. The van der Waals surface area contributed by atoms with Crippen molar-refractivity contribution in [3.05, 3.63) is 60.7 Å². The van der Waals surface area contributed by atoms with Gasteiger partial charge in [-0.25, -0.2) is 0 Å². The van der Waals surface area contributed by atoms with Crippen LogP contribution in [0.2, 0.25) is 0 Å². The second kappa shape index (κ2) is 7.42. The zero-order valence-electron chi connectivity index (χ0n) is 12.9. The van der Waals surface area contributed by atoms with Gasteiger partial charge in [0, 0.05) is 44.4 Å². The number of piperazine rings is 1. The monoisotopic (exact) mass is 409 g/mol. The Hall–Kier alpha value is -1.77. The van der Waals surface area contributed by atoms with Crippen LogP contribution in [0, 0.1) is 10.1 Å². The standard InChI is InChI=1S/C16H16BrN3O3S/c17-14-2-1-13(9-15(14)20(22)23)16(21)19-6-4-18(5-7-19)10-12-3-8-24-11-12/h1-3,8-9,11H,4-7,10H2. The average Bonchev–Trinajstić information content (AvgIpc) is 3.08. The molecule has 1 aliphatic heterocycles. The Morgan fingerprint density at radius 2 is 2.00 bits per heavy atom. The van der Waals surface area contributed by atoms with Crippen molar-refractivity contribution in [1.82, 2.24) is 9.80 Å². The first-order valence-corrected chi connectivity index (χ1v) is 9.25. The number of carbonyl (C=O) groups excluding carboxylic acids is 1. The molecule has 0 unspecified atom stereocenters. The number of hydrogen-bond donors (Lipinski definition) is 0. The average molecular weight is 410 g/mol. The SMILES string of the molecule is O=C(c1ccc(Br)c([N+](=O)[O-])c1)N1CCN(Cc2ccsc2)CC1. The fraction of sp³-hybridized carbons (Fsp3) is 0.312. The van der Waals surface area contributed by atoms with E-state index in [1.165, 1.54) is 11.6 Å². The zero-order valence-corrected chi connectivity index (χ0v) is 15.3. The number of hydrogen-bond acceptors (Lipinski definition) is 5. The Bertz CT molecular complexity index is 743. The molecule has 2 heterocycles. The van der Waals surface area contributed by atoms with Gasteiger partial charge in [0.1, 0.15) is 0 Å². The largest absolute Gasteiger partial charge is 0.336 e. The highest BCUT2D eigenvalue weighted by atomic mass is 79.9. The maximum atomic E-state index is 12.6. The predicted molar refractivity (Wildman–Crippen MR) is 96.3 cm³/mol. The molecule has 0 aliphatic carbocycles. The molecule has 0 radical (unpaired) electrons. The molecule has 2 aromatic rings. The molecule has 1 aliphatic rings. The molecule has 0 atom stereocenters. The minimum absolute atomic E-state index is 0.0862. The van der Waals surface area contributed by atoms with Gasteiger partial charge in [-0.1, -0.05) is 0 Å². The minimum Gasteiger partial charge on any atom is -0.336 e. The molecule has 8 heteroatoms. The highest BCUT2D eigenvalue weighted by molar-refractivity contribution is 9.10. The van der Waals surface area contributed by atoms with Crippen molar-refractivity contribution in [2.75, 3.05) is 26.2 Å². The van der Waals surface area contributed by atoms with Crippen LogP contribution in [0.15, 0.2) is 39.5 Å². The normalized spacial score (nSPS) is 15.5. The second-order valence-electron chi connectivity index (χ2n) is 5.62. The Morgan fingerprint density at radius 1 is 1.25 bits per heavy atom. The van der Waals surface area contributed by atoms with Crippen molar-refractivity contribution < 1.29 is 9.72 Å². The van der Waals surface area contributed by atoms with Crippen molar-refractivity contribution in [2.24, 2.45) is 0 Å². The summed E-state index contributed by atoms with van der Waals surface area (Å²) in [5, 5.41) is 15.2. The summed E-state index contributed by atoms with van der Waals surface area (Å²) in [5.41, 5.74) is 1.57. The summed E-state index contributed by atoms with van der Waals surface area (Å²) in [4.78, 5) is 27.2. The Balaban J connectivity index is 1.63. The number of thiophene rings is 1. The molecule has 1 fully saturated rings. The van der Waals surface area contributed by atoms with Gasteiger partial charge < -0.3 is 4.90 Å². The number of amides is 1.